The van der Waals surface area contributed by atoms with Crippen molar-refractivity contribution >= 4 is 17.7 Å². The number of hydrogen-bond acceptors (Lipinski definition) is 5. The summed E-state index contributed by atoms with van der Waals surface area (Å²) in [5.41, 5.74) is 7.74. The Kier molecular flexibility index (Phi) is 5.61. The van der Waals surface area contributed by atoms with Gasteiger partial charge < -0.3 is 9.47 Å². The molecule has 1 aromatic heterocycles. The van der Waals surface area contributed by atoms with E-state index in [4.69, 9.17) is 5.26 Å². The standard InChI is InChI=1S/C30H23N5O3/c1-34-17-32-27(28(34)21-8-6-20(7-9-21)19-4-2-18(15-31)3-5-19)22-10-11-24-23(14-22)16-35(30(24)38)25-12-13-26(36)33-29(25)37/h2-11,14,17,25H,12-13,16H2,1H3,(H,33,36,37). The van der Waals surface area contributed by atoms with Crippen molar-refractivity contribution in [2.24, 2.45) is 7.05 Å². The number of rotatable bonds is 4. The van der Waals surface area contributed by atoms with Gasteiger partial charge in [-0.3, -0.25) is 19.7 Å². The zero-order valence-electron chi connectivity index (χ0n) is 20.6. The van der Waals surface area contributed by atoms with E-state index in [1.807, 2.05) is 60.1 Å². The topological polar surface area (TPSA) is 108 Å². The van der Waals surface area contributed by atoms with Crippen molar-refractivity contribution in [3.8, 4) is 39.7 Å². The van der Waals surface area contributed by atoms with Gasteiger partial charge in [0.25, 0.3) is 5.91 Å². The number of imide groups is 1. The summed E-state index contributed by atoms with van der Waals surface area (Å²) in [5, 5.41) is 11.4. The second-order valence-corrected chi connectivity index (χ2v) is 9.59. The monoisotopic (exact) mass is 501 g/mol. The minimum absolute atomic E-state index is 0.194. The quantitative estimate of drug-likeness (QED) is 0.425. The van der Waals surface area contributed by atoms with Gasteiger partial charge in [0, 0.05) is 36.7 Å². The van der Waals surface area contributed by atoms with Crippen LogP contribution in [-0.4, -0.2) is 38.2 Å². The maximum absolute atomic E-state index is 13.1. The number of carbonyl (C=O) groups is 3. The number of fused-ring (bicyclic) bond motifs is 1. The van der Waals surface area contributed by atoms with Crippen LogP contribution in [0.1, 0.15) is 34.3 Å². The molecule has 0 saturated carbocycles. The number of aryl methyl sites for hydroxylation is 1. The molecule has 1 fully saturated rings. The normalized spacial score (nSPS) is 16.8. The average Bonchev–Trinajstić information content (AvgIpc) is 3.48. The van der Waals surface area contributed by atoms with Crippen molar-refractivity contribution in [3.05, 3.63) is 89.7 Å². The Morgan fingerprint density at radius 2 is 1.58 bits per heavy atom. The molecular formula is C30H23N5O3. The summed E-state index contributed by atoms with van der Waals surface area (Å²) in [6, 6.07) is 22.8. The lowest BCUT2D eigenvalue weighted by Gasteiger charge is -2.29. The van der Waals surface area contributed by atoms with Gasteiger partial charge in [0.1, 0.15) is 6.04 Å². The van der Waals surface area contributed by atoms with Crippen molar-refractivity contribution in [3.63, 3.8) is 0 Å². The number of nitrogens with one attached hydrogen (secondary N) is 1. The lowest BCUT2D eigenvalue weighted by atomic mass is 9.98. The second-order valence-electron chi connectivity index (χ2n) is 9.59. The van der Waals surface area contributed by atoms with Crippen LogP contribution in [0.3, 0.4) is 0 Å². The van der Waals surface area contributed by atoms with Crippen LogP contribution < -0.4 is 5.32 Å². The van der Waals surface area contributed by atoms with Gasteiger partial charge >= 0.3 is 0 Å². The van der Waals surface area contributed by atoms with E-state index in [2.05, 4.69) is 28.5 Å². The Morgan fingerprint density at radius 1 is 0.921 bits per heavy atom. The number of imidazole rings is 1. The summed E-state index contributed by atoms with van der Waals surface area (Å²) in [6.45, 7) is 0.315. The zero-order valence-corrected chi connectivity index (χ0v) is 20.6. The van der Waals surface area contributed by atoms with Crippen LogP contribution in [-0.2, 0) is 23.2 Å². The number of carbonyl (C=O) groups excluding carboxylic acids is 3. The van der Waals surface area contributed by atoms with Gasteiger partial charge in [-0.25, -0.2) is 4.98 Å². The molecule has 0 spiro atoms. The minimum Gasteiger partial charge on any atom is -0.333 e. The third-order valence-corrected chi connectivity index (χ3v) is 7.24. The third-order valence-electron chi connectivity index (χ3n) is 7.24. The average molecular weight is 502 g/mol. The van der Waals surface area contributed by atoms with E-state index in [9.17, 15) is 14.4 Å². The van der Waals surface area contributed by atoms with Crippen molar-refractivity contribution in [1.29, 1.82) is 5.26 Å². The maximum Gasteiger partial charge on any atom is 0.255 e. The Morgan fingerprint density at radius 3 is 2.26 bits per heavy atom. The molecule has 186 valence electrons. The molecule has 6 rings (SSSR count). The van der Waals surface area contributed by atoms with Crippen molar-refractivity contribution in [1.82, 2.24) is 19.8 Å². The highest BCUT2D eigenvalue weighted by molar-refractivity contribution is 6.05. The largest absolute Gasteiger partial charge is 0.333 e. The number of benzene rings is 3. The summed E-state index contributed by atoms with van der Waals surface area (Å²) in [4.78, 5) is 43.2. The number of piperidine rings is 1. The summed E-state index contributed by atoms with van der Waals surface area (Å²) < 4.78 is 1.97. The molecule has 4 aromatic rings. The molecule has 1 saturated heterocycles. The van der Waals surface area contributed by atoms with Crippen LogP contribution in [0.5, 0.6) is 0 Å². The Labute approximate surface area is 219 Å². The van der Waals surface area contributed by atoms with Gasteiger partial charge in [-0.1, -0.05) is 42.5 Å². The van der Waals surface area contributed by atoms with E-state index < -0.39 is 11.9 Å². The summed E-state index contributed by atoms with van der Waals surface area (Å²) in [7, 11) is 1.95. The van der Waals surface area contributed by atoms with Gasteiger partial charge in [-0.2, -0.15) is 5.26 Å². The molecular weight excluding hydrogens is 478 g/mol. The summed E-state index contributed by atoms with van der Waals surface area (Å²) in [6.07, 6.45) is 2.33. The molecule has 3 heterocycles. The predicted octanol–water partition coefficient (Wildman–Crippen LogP) is 4.05. The SMILES string of the molecule is Cn1cnc(-c2ccc3c(c2)CN(C2CCC(=O)NC2=O)C3=O)c1-c1ccc(-c2ccc(C#N)cc2)cc1. The van der Waals surface area contributed by atoms with Gasteiger partial charge in [0.15, 0.2) is 0 Å². The summed E-state index contributed by atoms with van der Waals surface area (Å²) in [5.74, 6) is -0.912. The van der Waals surface area contributed by atoms with E-state index in [1.165, 1.54) is 0 Å². The van der Waals surface area contributed by atoms with E-state index in [-0.39, 0.29) is 18.2 Å². The molecule has 0 radical (unpaired) electrons. The molecule has 8 heteroatoms. The first-order valence-electron chi connectivity index (χ1n) is 12.3. The number of hydrogen-bond donors (Lipinski definition) is 1. The van der Waals surface area contributed by atoms with Gasteiger partial charge in [0.2, 0.25) is 11.8 Å². The minimum atomic E-state index is -0.643. The lowest BCUT2D eigenvalue weighted by Crippen LogP contribution is -2.52. The predicted molar refractivity (Wildman–Crippen MR) is 140 cm³/mol. The number of amides is 3. The highest BCUT2D eigenvalue weighted by Crippen LogP contribution is 2.35. The highest BCUT2D eigenvalue weighted by Gasteiger charge is 2.39. The van der Waals surface area contributed by atoms with E-state index in [0.29, 0.717) is 24.1 Å². The third kappa shape index (κ3) is 3.95. The van der Waals surface area contributed by atoms with Crippen LogP contribution in [0.2, 0.25) is 0 Å². The van der Waals surface area contributed by atoms with E-state index in [0.717, 1.165) is 39.2 Å². The van der Waals surface area contributed by atoms with Crippen molar-refractivity contribution in [2.45, 2.75) is 25.4 Å². The van der Waals surface area contributed by atoms with Crippen LogP contribution in [0, 0.1) is 11.3 Å². The molecule has 2 aliphatic rings. The Bertz CT molecular complexity index is 1640. The maximum atomic E-state index is 13.1. The fraction of sp³-hybridized carbons (Fsp3) is 0.167. The fourth-order valence-electron chi connectivity index (χ4n) is 5.26. The molecule has 1 atom stereocenters. The van der Waals surface area contributed by atoms with Crippen molar-refractivity contribution < 1.29 is 14.4 Å². The first-order chi connectivity index (χ1) is 18.4. The van der Waals surface area contributed by atoms with Gasteiger partial charge in [-0.15, -0.1) is 0 Å². The van der Waals surface area contributed by atoms with Crippen LogP contribution in [0.15, 0.2) is 73.1 Å². The number of nitriles is 1. The Hall–Kier alpha value is -5.03. The number of nitrogens with zero attached hydrogens (tertiary/aromatic N) is 4. The smallest absolute Gasteiger partial charge is 0.255 e. The second kappa shape index (κ2) is 9.12. The molecule has 0 bridgehead atoms. The van der Waals surface area contributed by atoms with Crippen LogP contribution in [0.25, 0.3) is 33.6 Å². The fourth-order valence-corrected chi connectivity index (χ4v) is 5.26. The molecule has 8 nitrogen and oxygen atoms in total. The lowest BCUT2D eigenvalue weighted by molar-refractivity contribution is -0.136. The molecule has 3 aromatic carbocycles. The molecule has 1 N–H and O–H groups in total. The first-order valence-corrected chi connectivity index (χ1v) is 12.3. The summed E-state index contributed by atoms with van der Waals surface area (Å²) >= 11 is 0. The van der Waals surface area contributed by atoms with E-state index >= 15 is 0 Å². The van der Waals surface area contributed by atoms with E-state index in [1.54, 1.807) is 17.3 Å². The van der Waals surface area contributed by atoms with Crippen LogP contribution in [0.4, 0.5) is 0 Å². The molecule has 1 unspecified atom stereocenters. The zero-order chi connectivity index (χ0) is 26.4. The number of aromatic nitrogens is 2. The molecule has 2 aliphatic heterocycles. The molecule has 0 aliphatic carbocycles. The van der Waals surface area contributed by atoms with Gasteiger partial charge in [-0.05, 0) is 47.4 Å². The Balaban J connectivity index is 1.29. The molecule has 3 amide bonds. The van der Waals surface area contributed by atoms with Gasteiger partial charge in [0.05, 0.1) is 29.3 Å². The van der Waals surface area contributed by atoms with Crippen LogP contribution >= 0.6 is 0 Å². The molecule has 38 heavy (non-hydrogen) atoms. The first kappa shape index (κ1) is 23.4. The highest BCUT2D eigenvalue weighted by atomic mass is 16.2. The van der Waals surface area contributed by atoms with Crippen molar-refractivity contribution in [2.75, 3.05) is 0 Å².